The minimum absolute atomic E-state index is 0.130. The first-order valence-electron chi connectivity index (χ1n) is 1.25. The van der Waals surface area contributed by atoms with E-state index in [9.17, 15) is 0 Å². The summed E-state index contributed by atoms with van der Waals surface area (Å²) < 4.78 is 0. The Morgan fingerprint density at radius 1 is 2.00 bits per heavy atom. The van der Waals surface area contributed by atoms with Crippen molar-refractivity contribution in [2.45, 2.75) is 0 Å². The molecule has 0 amide bonds. The lowest BCUT2D eigenvalue weighted by atomic mass is 10.1. The molecule has 2 N–H and O–H groups in total. The van der Waals surface area contributed by atoms with Gasteiger partial charge in [-0.1, -0.05) is 0 Å². The van der Waals surface area contributed by atoms with E-state index in [1.54, 1.807) is 0 Å². The molecule has 2 nitrogen and oxygen atoms in total. The van der Waals surface area contributed by atoms with Crippen LogP contribution >= 0.6 is 0 Å². The number of aliphatic imine (C=N–C) groups is 1. The summed E-state index contributed by atoms with van der Waals surface area (Å²) in [5, 5.41) is 0. The van der Waals surface area contributed by atoms with E-state index in [4.69, 9.17) is 13.6 Å². The van der Waals surface area contributed by atoms with Gasteiger partial charge in [0, 0.05) is 7.05 Å². The molecule has 3 radical (unpaired) electrons. The summed E-state index contributed by atoms with van der Waals surface area (Å²) in [5.74, 6) is 0. The summed E-state index contributed by atoms with van der Waals surface area (Å²) >= 11 is 0. The van der Waals surface area contributed by atoms with Crippen LogP contribution < -0.4 is 5.73 Å². The lowest BCUT2D eigenvalue weighted by Crippen LogP contribution is -2.09. The first kappa shape index (κ1) is 4.53. The van der Waals surface area contributed by atoms with Gasteiger partial charge in [-0.2, -0.15) is 5.73 Å². The third-order valence-corrected chi connectivity index (χ3v) is 0.258. The summed E-state index contributed by atoms with van der Waals surface area (Å²) in [6.45, 7) is 0. The highest BCUT2D eigenvalue weighted by molar-refractivity contribution is 6.58. The van der Waals surface area contributed by atoms with Crippen molar-refractivity contribution in [1.82, 2.24) is 0 Å². The molecule has 0 aliphatic heterocycles. The van der Waals surface area contributed by atoms with Gasteiger partial charge in [-0.25, -0.2) is 0 Å². The van der Waals surface area contributed by atoms with E-state index in [-0.39, 0.29) is 5.73 Å². The molecule has 0 saturated heterocycles. The Kier molecular flexibility index (Phi) is 1.65. The van der Waals surface area contributed by atoms with Gasteiger partial charge in [0.05, 0.1) is 0 Å². The predicted molar refractivity (Wildman–Crippen MR) is 23.3 cm³/mol. The molecule has 0 aliphatic rings. The van der Waals surface area contributed by atoms with Crippen LogP contribution in [0.15, 0.2) is 4.99 Å². The van der Waals surface area contributed by atoms with Gasteiger partial charge >= 0.3 is 0 Å². The quantitative estimate of drug-likeness (QED) is 0.223. The Morgan fingerprint density at radius 3 is 2.20 bits per heavy atom. The maximum absolute atomic E-state index is 4.82. The van der Waals surface area contributed by atoms with Crippen molar-refractivity contribution in [2.24, 2.45) is 10.7 Å². The summed E-state index contributed by atoms with van der Waals surface area (Å²) in [5.41, 5.74) is 4.95. The Bertz CT molecular complexity index is 45.6. The zero-order valence-electron chi connectivity index (χ0n) is 3.10. The lowest BCUT2D eigenvalue weighted by molar-refractivity contribution is 1.44. The van der Waals surface area contributed by atoms with Crippen molar-refractivity contribution in [1.29, 1.82) is 0 Å². The van der Waals surface area contributed by atoms with Gasteiger partial charge in [-0.15, -0.1) is 0 Å². The van der Waals surface area contributed by atoms with Crippen LogP contribution in [0.25, 0.3) is 0 Å². The Hall–Kier alpha value is -0.465. The molecule has 5 heavy (non-hydrogen) atoms. The van der Waals surface area contributed by atoms with Crippen molar-refractivity contribution in [2.75, 3.05) is 7.05 Å². The van der Waals surface area contributed by atoms with E-state index in [1.807, 2.05) is 0 Å². The van der Waals surface area contributed by atoms with Crippen LogP contribution in [0, 0.1) is 0 Å². The molecule has 0 fully saturated rings. The number of amidine groups is 1. The molecule has 3 heteroatoms. The number of nitrogens with two attached hydrogens (primary N) is 1. The van der Waals surface area contributed by atoms with Gasteiger partial charge in [0.25, 0.3) is 0 Å². The molecule has 0 unspecified atom stereocenters. The minimum atomic E-state index is 0.130. The number of nitrogens with zero attached hydrogens (tertiary/aromatic N) is 1. The Balaban J connectivity index is 3.14. The zero-order chi connectivity index (χ0) is 4.28. The van der Waals surface area contributed by atoms with Crippen molar-refractivity contribution in [3.63, 3.8) is 0 Å². The monoisotopic (exact) mass is 68.1 g/mol. The molecule has 0 aromatic rings. The van der Waals surface area contributed by atoms with Crippen LogP contribution in [0.2, 0.25) is 0 Å². The average molecular weight is 67.9 g/mol. The van der Waals surface area contributed by atoms with Crippen LogP contribution in [0.1, 0.15) is 0 Å². The van der Waals surface area contributed by atoms with Crippen LogP contribution in [0.4, 0.5) is 0 Å². The molecule has 0 aromatic carbocycles. The van der Waals surface area contributed by atoms with Crippen molar-refractivity contribution in [3.05, 3.63) is 0 Å². The molecular weight excluding hydrogens is 62.8 g/mol. The van der Waals surface area contributed by atoms with E-state index in [1.165, 1.54) is 7.05 Å². The second-order valence-electron chi connectivity index (χ2n) is 0.648. The standard InChI is InChI=1S/C2H5BN2/c1-5-2(3)4/h1H3,(H2,4,5)/q-1. The van der Waals surface area contributed by atoms with E-state index in [0.717, 1.165) is 0 Å². The lowest BCUT2D eigenvalue weighted by Gasteiger charge is -1.97. The molecule has 0 rings (SSSR count). The Morgan fingerprint density at radius 2 is 2.20 bits per heavy atom. The Labute approximate surface area is 32.5 Å². The summed E-state index contributed by atoms with van der Waals surface area (Å²) in [6, 6.07) is 0. The molecule has 0 atom stereocenters. The third-order valence-electron chi connectivity index (χ3n) is 0.258. The van der Waals surface area contributed by atoms with Crippen LogP contribution in [-0.4, -0.2) is 20.6 Å². The molecule has 0 aromatic heterocycles. The van der Waals surface area contributed by atoms with Crippen LogP contribution in [-0.2, 0) is 0 Å². The van der Waals surface area contributed by atoms with E-state index in [0.29, 0.717) is 0 Å². The minimum Gasteiger partial charge on any atom is -0.530 e. The van der Waals surface area contributed by atoms with Crippen molar-refractivity contribution < 1.29 is 0 Å². The molecule has 0 bridgehead atoms. The molecule has 0 spiro atoms. The van der Waals surface area contributed by atoms with E-state index >= 15 is 0 Å². The summed E-state index contributed by atoms with van der Waals surface area (Å²) in [7, 11) is 6.36. The predicted octanol–water partition coefficient (Wildman–Crippen LogP) is -0.901. The van der Waals surface area contributed by atoms with Gasteiger partial charge in [0.2, 0.25) is 0 Å². The molecule has 27 valence electrons. The first-order valence-corrected chi connectivity index (χ1v) is 1.25. The van der Waals surface area contributed by atoms with Crippen molar-refractivity contribution >= 4 is 13.6 Å². The third kappa shape index (κ3) is 3.53. The first-order chi connectivity index (χ1) is 2.27. The average Bonchev–Trinajstić information content (AvgIpc) is 1.38. The molecule has 0 aliphatic carbocycles. The SMILES string of the molecule is [B-]C(N)=NC. The maximum Gasteiger partial charge on any atom is 0.0250 e. The van der Waals surface area contributed by atoms with Crippen LogP contribution in [0.3, 0.4) is 0 Å². The second kappa shape index (κ2) is 1.82. The number of rotatable bonds is 0. The summed E-state index contributed by atoms with van der Waals surface area (Å²) in [4.78, 5) is 3.36. The fourth-order valence-electron chi connectivity index (χ4n) is 0. The highest BCUT2D eigenvalue weighted by Gasteiger charge is 1.39. The molecular formula is C2H5BN2-. The molecule has 0 heterocycles. The highest BCUT2D eigenvalue weighted by atomic mass is 14.8. The van der Waals surface area contributed by atoms with E-state index in [2.05, 4.69) is 4.99 Å². The van der Waals surface area contributed by atoms with Crippen LogP contribution in [0.5, 0.6) is 0 Å². The fourth-order valence-corrected chi connectivity index (χ4v) is 0. The second-order valence-corrected chi connectivity index (χ2v) is 0.648. The number of hydrogen-bond donors (Lipinski definition) is 1. The topological polar surface area (TPSA) is 38.4 Å². The summed E-state index contributed by atoms with van der Waals surface area (Å²) in [6.07, 6.45) is 0. The number of hydrogen-bond acceptors (Lipinski definition) is 1. The molecule has 0 saturated carbocycles. The van der Waals surface area contributed by atoms with Gasteiger partial charge in [0.15, 0.2) is 0 Å². The maximum atomic E-state index is 4.82. The zero-order valence-corrected chi connectivity index (χ0v) is 3.10. The van der Waals surface area contributed by atoms with Gasteiger partial charge in [0.1, 0.15) is 0 Å². The van der Waals surface area contributed by atoms with E-state index < -0.39 is 0 Å². The highest BCUT2D eigenvalue weighted by Crippen LogP contribution is 1.44. The van der Waals surface area contributed by atoms with Gasteiger partial charge < -0.3 is 18.6 Å². The smallest absolute Gasteiger partial charge is 0.0250 e. The van der Waals surface area contributed by atoms with Gasteiger partial charge in [-0.3, -0.25) is 0 Å². The fraction of sp³-hybridized carbons (Fsp3) is 0.500. The van der Waals surface area contributed by atoms with Gasteiger partial charge in [-0.05, 0) is 0 Å². The van der Waals surface area contributed by atoms with Crippen molar-refractivity contribution in [3.8, 4) is 0 Å². The normalized spacial score (nSPS) is 12.0. The largest absolute Gasteiger partial charge is 0.530 e.